The number of nitrogens with zero attached hydrogens (tertiary/aromatic N) is 1. The first-order valence-electron chi connectivity index (χ1n) is 3.87. The summed E-state index contributed by atoms with van der Waals surface area (Å²) in [7, 11) is 6.53. The van der Waals surface area contributed by atoms with Crippen molar-refractivity contribution in [2.75, 3.05) is 34.3 Å². The third kappa shape index (κ3) is 10.7. The molecule has 0 rings (SSSR count). The van der Waals surface area contributed by atoms with E-state index < -0.39 is 0 Å². The maximum atomic E-state index is 5.40. The fourth-order valence-corrected chi connectivity index (χ4v) is 1.11. The molecule has 0 saturated carbocycles. The number of hydrogen-bond donors (Lipinski definition) is 0. The normalized spacial score (nSPS) is 13.9. The van der Waals surface area contributed by atoms with E-state index in [9.17, 15) is 0 Å². The first-order chi connectivity index (χ1) is 4.45. The van der Waals surface area contributed by atoms with Gasteiger partial charge >= 0.3 is 0 Å². The van der Waals surface area contributed by atoms with Gasteiger partial charge in [-0.2, -0.15) is 0 Å². The quantitative estimate of drug-likeness (QED) is 0.430. The van der Waals surface area contributed by atoms with E-state index in [2.05, 4.69) is 28.1 Å². The van der Waals surface area contributed by atoms with Gasteiger partial charge in [-0.15, -0.1) is 0 Å². The van der Waals surface area contributed by atoms with E-state index in [1.165, 1.54) is 0 Å². The second kappa shape index (κ2) is 6.20. The Morgan fingerprint density at radius 3 is 2.00 bits per heavy atom. The predicted octanol–water partition coefficient (Wildman–Crippen LogP) is -1.88. The second-order valence-corrected chi connectivity index (χ2v) is 3.74. The number of hydrogen-bond acceptors (Lipinski definition) is 1. The van der Waals surface area contributed by atoms with Crippen LogP contribution in [0.3, 0.4) is 0 Å². The molecule has 11 heavy (non-hydrogen) atoms. The molecular formula is C8H20INO. The van der Waals surface area contributed by atoms with Gasteiger partial charge in [-0.1, -0.05) is 0 Å². The molecule has 0 saturated heterocycles. The Balaban J connectivity index is 0. The Labute approximate surface area is 87.5 Å². The molecule has 0 aliphatic carbocycles. The summed E-state index contributed by atoms with van der Waals surface area (Å²) in [6.07, 6.45) is 0.380. The number of halogens is 1. The van der Waals surface area contributed by atoms with Crippen LogP contribution in [0.2, 0.25) is 0 Å². The lowest BCUT2D eigenvalue weighted by molar-refractivity contribution is -0.873. The number of likely N-dealkylation sites (N-methyl/N-ethyl adjacent to an activating group) is 1. The van der Waals surface area contributed by atoms with Crippen LogP contribution in [0.1, 0.15) is 13.8 Å². The van der Waals surface area contributed by atoms with Crippen molar-refractivity contribution in [1.29, 1.82) is 0 Å². The first-order valence-corrected chi connectivity index (χ1v) is 3.87. The van der Waals surface area contributed by atoms with Gasteiger partial charge in [0.15, 0.2) is 0 Å². The average molecular weight is 273 g/mol. The Morgan fingerprint density at radius 1 is 1.27 bits per heavy atom. The minimum atomic E-state index is 0. The van der Waals surface area contributed by atoms with E-state index in [0.29, 0.717) is 6.10 Å². The molecule has 2 nitrogen and oxygen atoms in total. The average Bonchev–Trinajstić information content (AvgIpc) is 1.59. The summed E-state index contributed by atoms with van der Waals surface area (Å²) < 4.78 is 6.38. The third-order valence-electron chi connectivity index (χ3n) is 1.26. The van der Waals surface area contributed by atoms with Crippen LogP contribution in [0.25, 0.3) is 0 Å². The Morgan fingerprint density at radius 2 is 1.73 bits per heavy atom. The molecule has 0 heterocycles. The number of ether oxygens (including phenoxy) is 1. The van der Waals surface area contributed by atoms with Crippen molar-refractivity contribution in [2.45, 2.75) is 20.0 Å². The van der Waals surface area contributed by atoms with Crippen LogP contribution < -0.4 is 24.0 Å². The first kappa shape index (κ1) is 14.2. The highest BCUT2D eigenvalue weighted by Gasteiger charge is 2.12. The molecule has 0 aromatic heterocycles. The van der Waals surface area contributed by atoms with Crippen LogP contribution >= 0.6 is 0 Å². The topological polar surface area (TPSA) is 9.23 Å². The molecule has 0 fully saturated rings. The zero-order valence-corrected chi connectivity index (χ0v) is 10.4. The third-order valence-corrected chi connectivity index (χ3v) is 1.26. The predicted molar refractivity (Wildman–Crippen MR) is 44.0 cm³/mol. The van der Waals surface area contributed by atoms with Gasteiger partial charge in [0.1, 0.15) is 12.6 Å². The highest BCUT2D eigenvalue weighted by Crippen LogP contribution is 1.97. The lowest BCUT2D eigenvalue weighted by Crippen LogP contribution is -3.00. The molecule has 0 amide bonds. The molecule has 0 aliphatic heterocycles. The molecule has 3 heteroatoms. The van der Waals surface area contributed by atoms with Gasteiger partial charge in [0.2, 0.25) is 0 Å². The monoisotopic (exact) mass is 273 g/mol. The molecule has 0 aromatic rings. The van der Waals surface area contributed by atoms with Gasteiger partial charge in [0.25, 0.3) is 0 Å². The molecule has 0 aliphatic rings. The highest BCUT2D eigenvalue weighted by atomic mass is 127. The summed E-state index contributed by atoms with van der Waals surface area (Å²) in [4.78, 5) is 0. The van der Waals surface area contributed by atoms with Crippen molar-refractivity contribution in [1.82, 2.24) is 0 Å². The van der Waals surface area contributed by atoms with Crippen molar-refractivity contribution in [3.8, 4) is 0 Å². The van der Waals surface area contributed by atoms with Gasteiger partial charge in [0, 0.05) is 6.61 Å². The van der Waals surface area contributed by atoms with E-state index in [0.717, 1.165) is 17.6 Å². The van der Waals surface area contributed by atoms with Gasteiger partial charge in [-0.25, -0.2) is 0 Å². The van der Waals surface area contributed by atoms with Crippen LogP contribution in [-0.2, 0) is 4.74 Å². The largest absolute Gasteiger partial charge is 1.00 e. The summed E-state index contributed by atoms with van der Waals surface area (Å²) in [5.74, 6) is 0. The molecule has 70 valence electrons. The minimum absolute atomic E-state index is 0. The van der Waals surface area contributed by atoms with Crippen molar-refractivity contribution < 1.29 is 33.2 Å². The maximum absolute atomic E-state index is 5.40. The minimum Gasteiger partial charge on any atom is -1.00 e. The highest BCUT2D eigenvalue weighted by molar-refractivity contribution is 4.44. The van der Waals surface area contributed by atoms with Crippen molar-refractivity contribution in [3.63, 3.8) is 0 Å². The molecular weight excluding hydrogens is 253 g/mol. The van der Waals surface area contributed by atoms with Crippen LogP contribution in [0.4, 0.5) is 0 Å². The molecule has 0 radical (unpaired) electrons. The molecule has 0 bridgehead atoms. The number of rotatable bonds is 4. The van der Waals surface area contributed by atoms with E-state index in [1.807, 2.05) is 6.92 Å². The lowest BCUT2D eigenvalue weighted by atomic mass is 10.3. The Bertz CT molecular complexity index is 90.6. The maximum Gasteiger partial charge on any atom is 0.104 e. The van der Waals surface area contributed by atoms with E-state index in [1.54, 1.807) is 0 Å². The zero-order chi connectivity index (χ0) is 8.20. The summed E-state index contributed by atoms with van der Waals surface area (Å²) >= 11 is 0. The van der Waals surface area contributed by atoms with Crippen LogP contribution in [0.5, 0.6) is 0 Å². The molecule has 0 N–H and O–H groups in total. The van der Waals surface area contributed by atoms with Gasteiger partial charge in [-0.3, -0.25) is 0 Å². The molecule has 0 aromatic carbocycles. The van der Waals surface area contributed by atoms with E-state index in [4.69, 9.17) is 4.74 Å². The molecule has 1 atom stereocenters. The Hall–Kier alpha value is 0.650. The fraction of sp³-hybridized carbons (Fsp3) is 1.00. The zero-order valence-electron chi connectivity index (χ0n) is 8.22. The smallest absolute Gasteiger partial charge is 0.104 e. The van der Waals surface area contributed by atoms with E-state index in [-0.39, 0.29) is 24.0 Å². The summed E-state index contributed by atoms with van der Waals surface area (Å²) in [5.41, 5.74) is 0. The summed E-state index contributed by atoms with van der Waals surface area (Å²) in [6, 6.07) is 0. The van der Waals surface area contributed by atoms with Gasteiger partial charge in [0.05, 0.1) is 21.1 Å². The number of quaternary nitrogens is 1. The fourth-order valence-electron chi connectivity index (χ4n) is 1.11. The van der Waals surface area contributed by atoms with Crippen molar-refractivity contribution >= 4 is 0 Å². The second-order valence-electron chi connectivity index (χ2n) is 3.74. The van der Waals surface area contributed by atoms with Crippen molar-refractivity contribution in [3.05, 3.63) is 0 Å². The Kier molecular flexibility index (Phi) is 7.99. The lowest BCUT2D eigenvalue weighted by Gasteiger charge is -2.27. The SMILES string of the molecule is CCOC(C)C[N+](C)(C)C.[I-]. The summed E-state index contributed by atoms with van der Waals surface area (Å²) in [5, 5.41) is 0. The molecule has 0 spiro atoms. The molecule has 1 unspecified atom stereocenters. The summed E-state index contributed by atoms with van der Waals surface area (Å²) in [6.45, 7) is 6.05. The van der Waals surface area contributed by atoms with E-state index >= 15 is 0 Å². The van der Waals surface area contributed by atoms with Gasteiger partial charge in [-0.05, 0) is 13.8 Å². The van der Waals surface area contributed by atoms with Crippen LogP contribution in [0, 0.1) is 0 Å². The van der Waals surface area contributed by atoms with Crippen LogP contribution in [-0.4, -0.2) is 44.9 Å². The van der Waals surface area contributed by atoms with Crippen LogP contribution in [0.15, 0.2) is 0 Å². The van der Waals surface area contributed by atoms with Crippen molar-refractivity contribution in [2.24, 2.45) is 0 Å². The van der Waals surface area contributed by atoms with Gasteiger partial charge < -0.3 is 33.2 Å². The standard InChI is InChI=1S/C8H20NO.HI/c1-6-10-8(2)7-9(3,4)5;/h8H,6-7H2,1-5H3;1H/q+1;/p-1.